The Hall–Kier alpha value is -0.500. The molecule has 1 N–H and O–H groups in total. The van der Waals surface area contributed by atoms with Crippen molar-refractivity contribution >= 4 is 0 Å². The van der Waals surface area contributed by atoms with Crippen molar-refractivity contribution in [2.45, 2.75) is 32.6 Å². The molecule has 0 amide bonds. The SMILES string of the molecule is CCCCCC=COCCO. The van der Waals surface area contributed by atoms with Gasteiger partial charge in [-0.05, 0) is 18.9 Å². The molecule has 0 rings (SSSR count). The van der Waals surface area contributed by atoms with Gasteiger partial charge >= 0.3 is 0 Å². The molecule has 0 aliphatic heterocycles. The molecule has 66 valence electrons. The van der Waals surface area contributed by atoms with E-state index in [4.69, 9.17) is 9.84 Å². The third-order valence-corrected chi connectivity index (χ3v) is 1.38. The van der Waals surface area contributed by atoms with Crippen molar-refractivity contribution in [3.63, 3.8) is 0 Å². The largest absolute Gasteiger partial charge is 0.499 e. The summed E-state index contributed by atoms with van der Waals surface area (Å²) in [6, 6.07) is 0. The summed E-state index contributed by atoms with van der Waals surface area (Å²) in [6.45, 7) is 2.69. The molecule has 0 aromatic rings. The van der Waals surface area contributed by atoms with Gasteiger partial charge in [0, 0.05) is 0 Å². The Balaban J connectivity index is 2.91. The number of allylic oxidation sites excluding steroid dienone is 1. The predicted octanol–water partition coefficient (Wildman–Crippen LogP) is 2.09. The van der Waals surface area contributed by atoms with Crippen LogP contribution >= 0.6 is 0 Å². The van der Waals surface area contributed by atoms with E-state index in [0.717, 1.165) is 6.42 Å². The highest BCUT2D eigenvalue weighted by Gasteiger charge is 1.81. The molecule has 0 aliphatic rings. The molecule has 0 bridgehead atoms. The van der Waals surface area contributed by atoms with Crippen LogP contribution < -0.4 is 0 Å². The molecular weight excluding hydrogens is 140 g/mol. The Kier molecular flexibility index (Phi) is 9.07. The molecule has 0 saturated carbocycles. The minimum atomic E-state index is 0.0965. The van der Waals surface area contributed by atoms with Crippen LogP contribution in [0.5, 0.6) is 0 Å². The van der Waals surface area contributed by atoms with Gasteiger partial charge in [-0.15, -0.1) is 0 Å². The summed E-state index contributed by atoms with van der Waals surface area (Å²) in [7, 11) is 0. The number of aliphatic hydroxyl groups excluding tert-OH is 1. The highest BCUT2D eigenvalue weighted by atomic mass is 16.5. The van der Waals surface area contributed by atoms with Crippen molar-refractivity contribution in [3.8, 4) is 0 Å². The van der Waals surface area contributed by atoms with Gasteiger partial charge in [-0.3, -0.25) is 0 Å². The Morgan fingerprint density at radius 3 is 2.82 bits per heavy atom. The maximum Gasteiger partial charge on any atom is 0.110 e. The molecule has 0 aliphatic carbocycles. The third-order valence-electron chi connectivity index (χ3n) is 1.38. The maximum absolute atomic E-state index is 8.35. The van der Waals surface area contributed by atoms with E-state index in [1.165, 1.54) is 19.3 Å². The Morgan fingerprint density at radius 1 is 1.36 bits per heavy atom. The van der Waals surface area contributed by atoms with Crippen LogP contribution in [0, 0.1) is 0 Å². The molecule has 0 radical (unpaired) electrons. The molecule has 2 heteroatoms. The molecule has 0 aromatic heterocycles. The van der Waals surface area contributed by atoms with Gasteiger partial charge in [0.25, 0.3) is 0 Å². The maximum atomic E-state index is 8.35. The minimum Gasteiger partial charge on any atom is -0.499 e. The van der Waals surface area contributed by atoms with Crippen molar-refractivity contribution < 1.29 is 9.84 Å². The zero-order valence-corrected chi connectivity index (χ0v) is 7.25. The van der Waals surface area contributed by atoms with Gasteiger partial charge in [-0.25, -0.2) is 0 Å². The Labute approximate surface area is 68.9 Å². The minimum absolute atomic E-state index is 0.0965. The van der Waals surface area contributed by atoms with Crippen molar-refractivity contribution in [1.82, 2.24) is 0 Å². The highest BCUT2D eigenvalue weighted by molar-refractivity contribution is 4.72. The summed E-state index contributed by atoms with van der Waals surface area (Å²) in [5.74, 6) is 0. The molecule has 0 spiro atoms. The average molecular weight is 158 g/mol. The fourth-order valence-corrected chi connectivity index (χ4v) is 0.769. The first kappa shape index (κ1) is 10.5. The van der Waals surface area contributed by atoms with Crippen LogP contribution in [-0.2, 0) is 4.74 Å². The first-order chi connectivity index (χ1) is 5.41. The van der Waals surface area contributed by atoms with Crippen molar-refractivity contribution in [3.05, 3.63) is 12.3 Å². The summed E-state index contributed by atoms with van der Waals surface area (Å²) >= 11 is 0. The van der Waals surface area contributed by atoms with Gasteiger partial charge in [-0.2, -0.15) is 0 Å². The molecule has 2 nitrogen and oxygen atoms in total. The highest BCUT2D eigenvalue weighted by Crippen LogP contribution is 1.99. The van der Waals surface area contributed by atoms with Crippen molar-refractivity contribution in [1.29, 1.82) is 0 Å². The van der Waals surface area contributed by atoms with E-state index in [1.54, 1.807) is 6.26 Å². The zero-order chi connectivity index (χ0) is 8.36. The number of hydrogen-bond donors (Lipinski definition) is 1. The Bertz CT molecular complexity index is 89.6. The van der Waals surface area contributed by atoms with Crippen LogP contribution in [0.1, 0.15) is 32.6 Å². The van der Waals surface area contributed by atoms with Crippen LogP contribution in [0.3, 0.4) is 0 Å². The fourth-order valence-electron chi connectivity index (χ4n) is 0.769. The second-order valence-electron chi connectivity index (χ2n) is 2.46. The zero-order valence-electron chi connectivity index (χ0n) is 7.25. The van der Waals surface area contributed by atoms with Crippen LogP contribution in [0.4, 0.5) is 0 Å². The predicted molar refractivity (Wildman–Crippen MR) is 46.3 cm³/mol. The van der Waals surface area contributed by atoms with E-state index >= 15 is 0 Å². The molecule has 11 heavy (non-hydrogen) atoms. The van der Waals surface area contributed by atoms with E-state index in [0.29, 0.717) is 6.61 Å². The van der Waals surface area contributed by atoms with Crippen LogP contribution in [0.2, 0.25) is 0 Å². The Morgan fingerprint density at radius 2 is 2.18 bits per heavy atom. The van der Waals surface area contributed by atoms with Crippen LogP contribution in [0.15, 0.2) is 12.3 Å². The van der Waals surface area contributed by atoms with E-state index < -0.39 is 0 Å². The summed E-state index contributed by atoms with van der Waals surface area (Å²) in [6.07, 6.45) is 8.53. The van der Waals surface area contributed by atoms with E-state index in [1.807, 2.05) is 6.08 Å². The summed E-state index contributed by atoms with van der Waals surface area (Å²) in [4.78, 5) is 0. The van der Waals surface area contributed by atoms with Gasteiger partial charge in [0.05, 0.1) is 12.9 Å². The van der Waals surface area contributed by atoms with Crippen LogP contribution in [-0.4, -0.2) is 18.3 Å². The third kappa shape index (κ3) is 9.50. The summed E-state index contributed by atoms with van der Waals surface area (Å²) < 4.78 is 4.93. The first-order valence-corrected chi connectivity index (χ1v) is 4.29. The molecular formula is C9H18O2. The second kappa shape index (κ2) is 9.50. The number of hydrogen-bond acceptors (Lipinski definition) is 2. The summed E-state index contributed by atoms with van der Waals surface area (Å²) in [5.41, 5.74) is 0. The topological polar surface area (TPSA) is 29.5 Å². The van der Waals surface area contributed by atoms with E-state index in [9.17, 15) is 0 Å². The molecule has 0 heterocycles. The quantitative estimate of drug-likeness (QED) is 0.454. The van der Waals surface area contributed by atoms with Crippen molar-refractivity contribution in [2.24, 2.45) is 0 Å². The lowest BCUT2D eigenvalue weighted by Crippen LogP contribution is -1.91. The van der Waals surface area contributed by atoms with Gasteiger partial charge in [0.1, 0.15) is 6.61 Å². The second-order valence-corrected chi connectivity index (χ2v) is 2.46. The van der Waals surface area contributed by atoms with Crippen molar-refractivity contribution in [2.75, 3.05) is 13.2 Å². The standard InChI is InChI=1S/C9H18O2/c1-2-3-4-5-6-8-11-9-7-10/h6,8,10H,2-5,7,9H2,1H3. The smallest absolute Gasteiger partial charge is 0.110 e. The van der Waals surface area contributed by atoms with Gasteiger partial charge < -0.3 is 9.84 Å². The van der Waals surface area contributed by atoms with E-state index in [-0.39, 0.29) is 6.61 Å². The summed E-state index contributed by atoms with van der Waals surface area (Å²) in [5, 5.41) is 8.35. The number of unbranched alkanes of at least 4 members (excludes halogenated alkanes) is 3. The molecule has 0 atom stereocenters. The fraction of sp³-hybridized carbons (Fsp3) is 0.778. The molecule has 0 fully saturated rings. The van der Waals surface area contributed by atoms with Gasteiger partial charge in [0.15, 0.2) is 0 Å². The number of rotatable bonds is 7. The van der Waals surface area contributed by atoms with Crippen LogP contribution in [0.25, 0.3) is 0 Å². The number of aliphatic hydroxyl groups is 1. The molecule has 0 aromatic carbocycles. The first-order valence-electron chi connectivity index (χ1n) is 4.29. The molecule has 0 saturated heterocycles. The number of ether oxygens (including phenoxy) is 1. The van der Waals surface area contributed by atoms with Gasteiger partial charge in [0.2, 0.25) is 0 Å². The lowest BCUT2D eigenvalue weighted by atomic mass is 10.2. The average Bonchev–Trinajstić information content (AvgIpc) is 2.03. The normalized spacial score (nSPS) is 10.7. The van der Waals surface area contributed by atoms with E-state index in [2.05, 4.69) is 6.92 Å². The molecule has 0 unspecified atom stereocenters. The lowest BCUT2D eigenvalue weighted by molar-refractivity contribution is 0.165. The lowest BCUT2D eigenvalue weighted by Gasteiger charge is -1.95. The monoisotopic (exact) mass is 158 g/mol. The van der Waals surface area contributed by atoms with Gasteiger partial charge in [-0.1, -0.05) is 19.8 Å².